The monoisotopic (exact) mass is 426 g/mol. The fourth-order valence-electron chi connectivity index (χ4n) is 2.79. The molecular weight excluding hydrogens is 408 g/mol. The van der Waals surface area contributed by atoms with Gasteiger partial charge in [0.2, 0.25) is 21.0 Å². The number of benzene rings is 1. The Balaban J connectivity index is 1.70. The normalized spacial score (nSPS) is 16.1. The second-order valence-corrected chi connectivity index (χ2v) is 8.62. The number of anilines is 1. The summed E-state index contributed by atoms with van der Waals surface area (Å²) in [6.45, 7) is 2.52. The molecule has 0 spiro atoms. The number of aromatic nitrogens is 2. The lowest BCUT2D eigenvalue weighted by molar-refractivity contribution is -0.384. The summed E-state index contributed by atoms with van der Waals surface area (Å²) in [7, 11) is -1.57. The van der Waals surface area contributed by atoms with Crippen molar-refractivity contribution >= 4 is 33.1 Å². The van der Waals surface area contributed by atoms with Gasteiger partial charge in [-0.3, -0.25) is 10.1 Å². The van der Waals surface area contributed by atoms with Gasteiger partial charge >= 0.3 is 5.69 Å². The van der Waals surface area contributed by atoms with Crippen molar-refractivity contribution in [2.45, 2.75) is 11.4 Å². The van der Waals surface area contributed by atoms with E-state index in [1.54, 1.807) is 12.1 Å². The van der Waals surface area contributed by atoms with Crippen molar-refractivity contribution in [2.24, 2.45) is 0 Å². The zero-order valence-corrected chi connectivity index (χ0v) is 16.6. The Hall–Kier alpha value is -2.34. The Labute approximate surface area is 167 Å². The van der Waals surface area contributed by atoms with Crippen LogP contribution in [0.1, 0.15) is 5.56 Å². The maximum atomic E-state index is 12.7. The third-order valence-electron chi connectivity index (χ3n) is 4.44. The van der Waals surface area contributed by atoms with Gasteiger partial charge in [-0.2, -0.15) is 4.31 Å². The minimum atomic E-state index is -3.53. The van der Waals surface area contributed by atoms with Gasteiger partial charge < -0.3 is 10.2 Å². The number of nitrogens with zero attached hydrogens (tertiary/aromatic N) is 5. The van der Waals surface area contributed by atoms with Crippen LogP contribution in [0, 0.1) is 10.1 Å². The maximum absolute atomic E-state index is 12.7. The summed E-state index contributed by atoms with van der Waals surface area (Å²) in [4.78, 5) is 20.2. The van der Waals surface area contributed by atoms with Crippen LogP contribution in [0.25, 0.3) is 0 Å². The van der Waals surface area contributed by atoms with Crippen LogP contribution in [0.3, 0.4) is 0 Å². The first-order valence-electron chi connectivity index (χ1n) is 8.45. The van der Waals surface area contributed by atoms with Crippen LogP contribution in [0.4, 0.5) is 11.5 Å². The molecular formula is C16H19ClN6O4S. The Kier molecular flexibility index (Phi) is 6.08. The second kappa shape index (κ2) is 8.35. The van der Waals surface area contributed by atoms with E-state index in [2.05, 4.69) is 20.2 Å². The van der Waals surface area contributed by atoms with Crippen LogP contribution in [-0.4, -0.2) is 65.7 Å². The minimum Gasteiger partial charge on any atom is -0.360 e. The summed E-state index contributed by atoms with van der Waals surface area (Å²) in [6, 6.07) is 6.38. The largest absolute Gasteiger partial charge is 0.360 e. The van der Waals surface area contributed by atoms with E-state index < -0.39 is 20.6 Å². The molecule has 1 N–H and O–H groups in total. The third kappa shape index (κ3) is 4.38. The summed E-state index contributed by atoms with van der Waals surface area (Å²) in [5, 5.41) is 13.7. The van der Waals surface area contributed by atoms with Crippen LogP contribution >= 0.6 is 11.6 Å². The summed E-state index contributed by atoms with van der Waals surface area (Å²) >= 11 is 5.75. The Morgan fingerprint density at radius 1 is 1.18 bits per heavy atom. The number of nitrogens with one attached hydrogen (secondary N) is 1. The van der Waals surface area contributed by atoms with E-state index in [4.69, 9.17) is 11.6 Å². The standard InChI is InChI=1S/C16H19ClN6O4S/c1-21-6-8-22(9-7-21)28(26,27)13-4-2-12(3-5-13)10-18-16-14(23(24)25)15(17)19-11-20-16/h2-5,11H,6-10H2,1H3,(H,18,19,20). The zero-order valence-electron chi connectivity index (χ0n) is 15.1. The smallest absolute Gasteiger partial charge is 0.348 e. The van der Waals surface area contributed by atoms with Gasteiger partial charge in [-0.1, -0.05) is 23.7 Å². The number of hydrogen-bond acceptors (Lipinski definition) is 8. The average molecular weight is 427 g/mol. The molecule has 0 bridgehead atoms. The van der Waals surface area contributed by atoms with Crippen LogP contribution in [-0.2, 0) is 16.6 Å². The summed E-state index contributed by atoms with van der Waals surface area (Å²) < 4.78 is 26.9. The minimum absolute atomic E-state index is 0.000801. The van der Waals surface area contributed by atoms with E-state index in [1.807, 2.05) is 7.05 Å². The molecule has 12 heteroatoms. The van der Waals surface area contributed by atoms with E-state index in [-0.39, 0.29) is 22.4 Å². The summed E-state index contributed by atoms with van der Waals surface area (Å²) in [6.07, 6.45) is 1.13. The van der Waals surface area contributed by atoms with Gasteiger partial charge in [0.1, 0.15) is 6.33 Å². The number of hydrogen-bond donors (Lipinski definition) is 1. The van der Waals surface area contributed by atoms with E-state index >= 15 is 0 Å². The van der Waals surface area contributed by atoms with Crippen molar-refractivity contribution in [3.05, 3.63) is 51.4 Å². The van der Waals surface area contributed by atoms with Gasteiger partial charge in [-0.15, -0.1) is 0 Å². The molecule has 1 aromatic carbocycles. The molecule has 1 fully saturated rings. The first-order valence-corrected chi connectivity index (χ1v) is 10.3. The van der Waals surface area contributed by atoms with Crippen molar-refractivity contribution in [1.82, 2.24) is 19.2 Å². The van der Waals surface area contributed by atoms with Crippen molar-refractivity contribution in [1.29, 1.82) is 0 Å². The van der Waals surface area contributed by atoms with Gasteiger partial charge in [-0.25, -0.2) is 18.4 Å². The molecule has 0 atom stereocenters. The summed E-state index contributed by atoms with van der Waals surface area (Å²) in [5.41, 5.74) is 0.333. The lowest BCUT2D eigenvalue weighted by atomic mass is 10.2. The molecule has 1 aliphatic rings. The zero-order chi connectivity index (χ0) is 20.3. The van der Waals surface area contributed by atoms with Crippen molar-refractivity contribution in [3.63, 3.8) is 0 Å². The SMILES string of the molecule is CN1CCN(S(=O)(=O)c2ccc(CNc3ncnc(Cl)c3[N+](=O)[O-])cc2)CC1. The van der Waals surface area contributed by atoms with Gasteiger partial charge in [0.05, 0.1) is 9.82 Å². The molecule has 0 unspecified atom stereocenters. The van der Waals surface area contributed by atoms with E-state index in [0.717, 1.165) is 11.9 Å². The van der Waals surface area contributed by atoms with Gasteiger partial charge in [-0.05, 0) is 24.7 Å². The topological polar surface area (TPSA) is 122 Å². The molecule has 10 nitrogen and oxygen atoms in total. The molecule has 0 saturated carbocycles. The quantitative estimate of drug-likeness (QED) is 0.419. The third-order valence-corrected chi connectivity index (χ3v) is 6.63. The second-order valence-electron chi connectivity index (χ2n) is 6.32. The van der Waals surface area contributed by atoms with Crippen molar-refractivity contribution < 1.29 is 13.3 Å². The fraction of sp³-hybridized carbons (Fsp3) is 0.375. The molecule has 1 saturated heterocycles. The average Bonchev–Trinajstić information content (AvgIpc) is 2.66. The number of likely N-dealkylation sites (N-methyl/N-ethyl adjacent to an activating group) is 1. The number of nitro groups is 1. The van der Waals surface area contributed by atoms with E-state index in [9.17, 15) is 18.5 Å². The molecule has 150 valence electrons. The Morgan fingerprint density at radius 2 is 1.82 bits per heavy atom. The van der Waals surface area contributed by atoms with Crippen molar-refractivity contribution in [2.75, 3.05) is 38.5 Å². The lowest BCUT2D eigenvalue weighted by Gasteiger charge is -2.31. The van der Waals surface area contributed by atoms with Crippen LogP contribution in [0.5, 0.6) is 0 Å². The van der Waals surface area contributed by atoms with Gasteiger partial charge in [0.25, 0.3) is 0 Å². The van der Waals surface area contributed by atoms with Gasteiger partial charge in [0.15, 0.2) is 0 Å². The Bertz CT molecular complexity index is 962. The van der Waals surface area contributed by atoms with E-state index in [1.165, 1.54) is 16.4 Å². The highest BCUT2D eigenvalue weighted by atomic mass is 35.5. The predicted molar refractivity (Wildman–Crippen MR) is 104 cm³/mol. The predicted octanol–water partition coefficient (Wildman–Crippen LogP) is 1.59. The first kappa shape index (κ1) is 20.4. The Morgan fingerprint density at radius 3 is 2.43 bits per heavy atom. The molecule has 2 heterocycles. The number of rotatable bonds is 6. The van der Waals surface area contributed by atoms with Crippen LogP contribution in [0.2, 0.25) is 5.15 Å². The van der Waals surface area contributed by atoms with Crippen LogP contribution < -0.4 is 5.32 Å². The molecule has 1 aromatic heterocycles. The number of halogens is 1. The highest BCUT2D eigenvalue weighted by Crippen LogP contribution is 2.28. The maximum Gasteiger partial charge on any atom is 0.348 e. The highest BCUT2D eigenvalue weighted by molar-refractivity contribution is 7.89. The highest BCUT2D eigenvalue weighted by Gasteiger charge is 2.27. The number of sulfonamides is 1. The molecule has 2 aromatic rings. The molecule has 1 aliphatic heterocycles. The lowest BCUT2D eigenvalue weighted by Crippen LogP contribution is -2.46. The first-order chi connectivity index (χ1) is 13.3. The van der Waals surface area contributed by atoms with Gasteiger partial charge in [0, 0.05) is 32.7 Å². The van der Waals surface area contributed by atoms with Crippen LogP contribution in [0.15, 0.2) is 35.5 Å². The molecule has 3 rings (SSSR count). The number of piperazine rings is 1. The van der Waals surface area contributed by atoms with Crippen molar-refractivity contribution in [3.8, 4) is 0 Å². The fourth-order valence-corrected chi connectivity index (χ4v) is 4.42. The summed E-state index contributed by atoms with van der Waals surface area (Å²) in [5.74, 6) is -0.000801. The molecule has 0 amide bonds. The van der Waals surface area contributed by atoms with E-state index in [0.29, 0.717) is 26.2 Å². The molecule has 28 heavy (non-hydrogen) atoms. The molecule has 0 aliphatic carbocycles. The molecule has 0 radical (unpaired) electrons.